The number of nitrogens with zero attached hydrogens (tertiary/aromatic N) is 2. The molecule has 0 bridgehead atoms. The number of nitrogens with one attached hydrogen (secondary N) is 3. The van der Waals surface area contributed by atoms with Crippen LogP contribution in [0.2, 0.25) is 0 Å². The average molecular weight is 480 g/mol. The first-order valence-corrected chi connectivity index (χ1v) is 12.2. The third kappa shape index (κ3) is 5.79. The van der Waals surface area contributed by atoms with Crippen molar-refractivity contribution in [1.29, 1.82) is 0 Å². The zero-order chi connectivity index (χ0) is 24.8. The predicted molar refractivity (Wildman–Crippen MR) is 132 cm³/mol. The highest BCUT2D eigenvalue weighted by molar-refractivity contribution is 6.03. The Hall–Kier alpha value is -3.46. The Balaban J connectivity index is 1.54. The van der Waals surface area contributed by atoms with E-state index in [0.717, 1.165) is 57.4 Å². The van der Waals surface area contributed by atoms with Crippen LogP contribution in [0.15, 0.2) is 36.5 Å². The molecule has 1 aromatic heterocycles. The molecule has 2 amide bonds. The fraction of sp³-hybridized carbons (Fsp3) is 0.462. The van der Waals surface area contributed by atoms with Crippen LogP contribution in [0.25, 0.3) is 0 Å². The molecule has 0 atom stereocenters. The van der Waals surface area contributed by atoms with Crippen molar-refractivity contribution in [2.24, 2.45) is 5.92 Å². The Morgan fingerprint density at radius 3 is 2.23 bits per heavy atom. The summed E-state index contributed by atoms with van der Waals surface area (Å²) in [6, 6.07) is 7.99. The van der Waals surface area contributed by atoms with Crippen LogP contribution in [0.5, 0.6) is 0 Å². The monoisotopic (exact) mass is 479 g/mol. The zero-order valence-corrected chi connectivity index (χ0v) is 20.3. The number of carbonyl (C=O) groups excluding carboxylic acids is 3. The SMILES string of the molecule is COC(=O)c1ccc(C(=O)NNC(=O)c2c(C3CCC(C)CC3)ccnc2N2CCNCC2)cc1. The summed E-state index contributed by atoms with van der Waals surface area (Å²) in [5.41, 5.74) is 7.30. The topological polar surface area (TPSA) is 113 Å². The zero-order valence-electron chi connectivity index (χ0n) is 20.3. The maximum atomic E-state index is 13.5. The highest BCUT2D eigenvalue weighted by Crippen LogP contribution is 2.38. The number of hydrogen-bond donors (Lipinski definition) is 3. The molecular formula is C26H33N5O4. The van der Waals surface area contributed by atoms with Gasteiger partial charge in [0.05, 0.1) is 18.2 Å². The van der Waals surface area contributed by atoms with Gasteiger partial charge in [0, 0.05) is 37.9 Å². The Kier molecular flexibility index (Phi) is 7.97. The van der Waals surface area contributed by atoms with Crippen molar-refractivity contribution in [1.82, 2.24) is 21.2 Å². The molecule has 2 fully saturated rings. The smallest absolute Gasteiger partial charge is 0.337 e. The number of esters is 1. The summed E-state index contributed by atoms with van der Waals surface area (Å²) < 4.78 is 4.68. The van der Waals surface area contributed by atoms with Crippen LogP contribution < -0.4 is 21.1 Å². The van der Waals surface area contributed by atoms with Gasteiger partial charge in [-0.25, -0.2) is 9.78 Å². The van der Waals surface area contributed by atoms with Crippen molar-refractivity contribution in [3.8, 4) is 0 Å². The van der Waals surface area contributed by atoms with Gasteiger partial charge in [0.2, 0.25) is 0 Å². The summed E-state index contributed by atoms with van der Waals surface area (Å²) in [7, 11) is 1.30. The second-order valence-corrected chi connectivity index (χ2v) is 9.27. The van der Waals surface area contributed by atoms with Gasteiger partial charge in [-0.05, 0) is 60.6 Å². The number of aromatic nitrogens is 1. The molecule has 9 nitrogen and oxygen atoms in total. The van der Waals surface area contributed by atoms with Crippen molar-refractivity contribution in [2.75, 3.05) is 38.2 Å². The minimum absolute atomic E-state index is 0.290. The van der Waals surface area contributed by atoms with Crippen molar-refractivity contribution in [2.45, 2.75) is 38.5 Å². The average Bonchev–Trinajstić information content (AvgIpc) is 2.91. The summed E-state index contributed by atoms with van der Waals surface area (Å²) >= 11 is 0. The lowest BCUT2D eigenvalue weighted by atomic mass is 9.78. The number of carbonyl (C=O) groups is 3. The van der Waals surface area contributed by atoms with Crippen LogP contribution in [-0.4, -0.2) is 56.1 Å². The minimum atomic E-state index is -0.480. The van der Waals surface area contributed by atoms with Crippen molar-refractivity contribution >= 4 is 23.6 Å². The summed E-state index contributed by atoms with van der Waals surface area (Å²) in [5, 5.41) is 3.33. The van der Waals surface area contributed by atoms with Crippen LogP contribution in [-0.2, 0) is 4.74 Å². The molecule has 3 N–H and O–H groups in total. The molecule has 2 heterocycles. The molecule has 1 aromatic carbocycles. The normalized spacial score (nSPS) is 20.1. The van der Waals surface area contributed by atoms with Crippen LogP contribution >= 0.6 is 0 Å². The number of pyridine rings is 1. The largest absolute Gasteiger partial charge is 0.465 e. The number of amides is 2. The molecule has 1 saturated carbocycles. The van der Waals surface area contributed by atoms with Gasteiger partial charge in [-0.15, -0.1) is 0 Å². The Morgan fingerprint density at radius 1 is 0.943 bits per heavy atom. The molecule has 2 aromatic rings. The molecule has 1 saturated heterocycles. The maximum absolute atomic E-state index is 13.5. The van der Waals surface area contributed by atoms with Gasteiger partial charge in [0.25, 0.3) is 11.8 Å². The van der Waals surface area contributed by atoms with E-state index in [2.05, 4.69) is 37.7 Å². The number of piperazine rings is 1. The number of hydrazine groups is 1. The lowest BCUT2D eigenvalue weighted by Gasteiger charge is -2.32. The molecule has 186 valence electrons. The number of anilines is 1. The first-order valence-electron chi connectivity index (χ1n) is 12.2. The van der Waals surface area contributed by atoms with Gasteiger partial charge in [-0.1, -0.05) is 19.8 Å². The van der Waals surface area contributed by atoms with E-state index in [1.54, 1.807) is 6.20 Å². The van der Waals surface area contributed by atoms with Crippen molar-refractivity contribution < 1.29 is 19.1 Å². The first kappa shape index (κ1) is 24.7. The molecule has 0 radical (unpaired) electrons. The van der Waals surface area contributed by atoms with E-state index in [4.69, 9.17) is 0 Å². The van der Waals surface area contributed by atoms with Crippen LogP contribution in [0.4, 0.5) is 5.82 Å². The number of ether oxygens (including phenoxy) is 1. The van der Waals surface area contributed by atoms with Crippen LogP contribution in [0, 0.1) is 5.92 Å². The van der Waals surface area contributed by atoms with Crippen LogP contribution in [0.3, 0.4) is 0 Å². The second-order valence-electron chi connectivity index (χ2n) is 9.27. The molecule has 4 rings (SSSR count). The quantitative estimate of drug-likeness (QED) is 0.446. The number of benzene rings is 1. The van der Waals surface area contributed by atoms with E-state index in [-0.39, 0.29) is 11.8 Å². The van der Waals surface area contributed by atoms with E-state index in [1.165, 1.54) is 31.4 Å². The molecule has 2 aliphatic rings. The third-order valence-electron chi connectivity index (χ3n) is 6.92. The molecule has 0 unspecified atom stereocenters. The van der Waals surface area contributed by atoms with Crippen molar-refractivity contribution in [3.63, 3.8) is 0 Å². The van der Waals surface area contributed by atoms with E-state index in [0.29, 0.717) is 28.4 Å². The molecule has 35 heavy (non-hydrogen) atoms. The van der Waals surface area contributed by atoms with Gasteiger partial charge in [-0.2, -0.15) is 0 Å². The number of hydrogen-bond acceptors (Lipinski definition) is 7. The standard InChI is InChI=1S/C26H33N5O4/c1-17-3-5-18(6-4-17)21-11-12-28-23(31-15-13-27-14-16-31)22(21)25(33)30-29-24(32)19-7-9-20(10-8-19)26(34)35-2/h7-12,17-18,27H,3-6,13-16H2,1-2H3,(H,29,32)(H,30,33). The lowest BCUT2D eigenvalue weighted by molar-refractivity contribution is 0.0600. The summed E-state index contributed by atoms with van der Waals surface area (Å²) in [6.07, 6.45) is 6.13. The van der Waals surface area contributed by atoms with Gasteiger partial charge < -0.3 is 15.0 Å². The summed E-state index contributed by atoms with van der Waals surface area (Å²) in [5.74, 6) is 0.319. The molecular weight excluding hydrogens is 446 g/mol. The van der Waals surface area contributed by atoms with E-state index >= 15 is 0 Å². The lowest BCUT2D eigenvalue weighted by Crippen LogP contribution is -2.46. The highest BCUT2D eigenvalue weighted by atomic mass is 16.5. The molecule has 0 spiro atoms. The fourth-order valence-corrected chi connectivity index (χ4v) is 4.85. The molecule has 1 aliphatic heterocycles. The van der Waals surface area contributed by atoms with Gasteiger partial charge in [-0.3, -0.25) is 20.4 Å². The fourth-order valence-electron chi connectivity index (χ4n) is 4.85. The van der Waals surface area contributed by atoms with Gasteiger partial charge in [0.1, 0.15) is 5.82 Å². The summed E-state index contributed by atoms with van der Waals surface area (Å²) in [6.45, 7) is 5.45. The van der Waals surface area contributed by atoms with Gasteiger partial charge in [0.15, 0.2) is 0 Å². The van der Waals surface area contributed by atoms with E-state index in [9.17, 15) is 14.4 Å². The minimum Gasteiger partial charge on any atom is -0.465 e. The van der Waals surface area contributed by atoms with Crippen molar-refractivity contribution in [3.05, 3.63) is 58.8 Å². The number of methoxy groups -OCH3 is 1. The summed E-state index contributed by atoms with van der Waals surface area (Å²) in [4.78, 5) is 44.5. The third-order valence-corrected chi connectivity index (χ3v) is 6.92. The Morgan fingerprint density at radius 2 is 1.57 bits per heavy atom. The van der Waals surface area contributed by atoms with Gasteiger partial charge >= 0.3 is 5.97 Å². The number of rotatable bonds is 5. The predicted octanol–water partition coefficient (Wildman–Crippen LogP) is 2.65. The van der Waals surface area contributed by atoms with Crippen LogP contribution in [0.1, 0.15) is 75.2 Å². The Labute approximate surface area is 205 Å². The molecule has 9 heteroatoms. The van der Waals surface area contributed by atoms with E-state index < -0.39 is 11.9 Å². The second kappa shape index (κ2) is 11.3. The first-order chi connectivity index (χ1) is 17.0. The van der Waals surface area contributed by atoms with E-state index in [1.807, 2.05) is 6.07 Å². The molecule has 1 aliphatic carbocycles. The Bertz CT molecular complexity index is 1060. The maximum Gasteiger partial charge on any atom is 0.337 e. The highest BCUT2D eigenvalue weighted by Gasteiger charge is 2.29.